The van der Waals surface area contributed by atoms with E-state index in [9.17, 15) is 25.9 Å². The number of hydrogen-bond acceptors (Lipinski definition) is 6. The van der Waals surface area contributed by atoms with Gasteiger partial charge < -0.3 is 13.7 Å². The van der Waals surface area contributed by atoms with Gasteiger partial charge in [0.15, 0.2) is 0 Å². The summed E-state index contributed by atoms with van der Waals surface area (Å²) >= 11 is 0. The van der Waals surface area contributed by atoms with Crippen molar-refractivity contribution < 1.29 is 39.5 Å². The van der Waals surface area contributed by atoms with Crippen molar-refractivity contribution in [3.8, 4) is 11.5 Å². The van der Waals surface area contributed by atoms with E-state index >= 15 is 0 Å². The van der Waals surface area contributed by atoms with Gasteiger partial charge in [0.05, 0.1) is 18.2 Å². The van der Waals surface area contributed by atoms with Crippen LogP contribution in [0.2, 0.25) is 0 Å². The molecule has 2 aromatic carbocycles. The molecule has 0 amide bonds. The molecule has 0 aliphatic carbocycles. The normalized spacial score (nSPS) is 11.0. The molecule has 0 aliphatic heterocycles. The molecule has 0 saturated heterocycles. The number of carbonyl (C=O) groups excluding carboxylic acids is 1. The van der Waals surface area contributed by atoms with Crippen LogP contribution in [-0.4, -0.2) is 21.5 Å². The van der Waals surface area contributed by atoms with Crippen LogP contribution in [0.25, 0.3) is 0 Å². The summed E-state index contributed by atoms with van der Waals surface area (Å²) in [6.45, 7) is -0.499. The molecule has 0 saturated carbocycles. The summed E-state index contributed by atoms with van der Waals surface area (Å²) in [5, 5.41) is 0. The largest absolute Gasteiger partial charge is 0.489 e. The third-order valence-electron chi connectivity index (χ3n) is 2.96. The number of ether oxygens (including phenoxy) is 2. The maximum Gasteiger partial charge on any atom is 0.488 e. The zero-order chi connectivity index (χ0) is 18.6. The van der Waals surface area contributed by atoms with Gasteiger partial charge in [-0.1, -0.05) is 3.89 Å². The van der Waals surface area contributed by atoms with Crippen molar-refractivity contribution in [2.45, 2.75) is 6.61 Å². The van der Waals surface area contributed by atoms with Crippen LogP contribution in [0.4, 0.5) is 12.7 Å². The van der Waals surface area contributed by atoms with Gasteiger partial charge in [0.2, 0.25) is 0 Å². The molecule has 0 aromatic heterocycles. The summed E-state index contributed by atoms with van der Waals surface area (Å²) in [7, 11) is -4.07. The molecule has 0 atom stereocenters. The van der Waals surface area contributed by atoms with Crippen molar-refractivity contribution in [1.29, 1.82) is 0 Å². The lowest BCUT2D eigenvalue weighted by Crippen LogP contribution is -2.07. The van der Waals surface area contributed by atoms with E-state index in [1.807, 2.05) is 0 Å². The van der Waals surface area contributed by atoms with Crippen LogP contribution in [0.5, 0.6) is 11.5 Å². The lowest BCUT2D eigenvalue weighted by molar-refractivity contribution is 0.0599. The van der Waals surface area contributed by atoms with Gasteiger partial charge in [-0.25, -0.2) is 13.6 Å². The summed E-state index contributed by atoms with van der Waals surface area (Å²) in [5.74, 6) is -3.05. The highest BCUT2D eigenvalue weighted by molar-refractivity contribution is 7.81. The number of benzene rings is 2. The number of hydrogen-bond donors (Lipinski definition) is 0. The van der Waals surface area contributed by atoms with E-state index in [2.05, 4.69) is 8.92 Å². The van der Waals surface area contributed by atoms with E-state index < -0.39 is 40.3 Å². The Bertz CT molecular complexity index is 858. The second kappa shape index (κ2) is 7.43. The van der Waals surface area contributed by atoms with Gasteiger partial charge in [0.1, 0.15) is 29.7 Å². The molecule has 0 aliphatic rings. The Hall–Kier alpha value is -2.75. The maximum atomic E-state index is 13.9. The molecular formula is C15H11F3O6S. The molecule has 0 radical (unpaired) electrons. The van der Waals surface area contributed by atoms with E-state index in [4.69, 9.17) is 4.74 Å². The first-order valence-electron chi connectivity index (χ1n) is 6.63. The van der Waals surface area contributed by atoms with Crippen LogP contribution < -0.4 is 8.92 Å². The van der Waals surface area contributed by atoms with E-state index in [-0.39, 0.29) is 17.1 Å². The predicted octanol–water partition coefficient (Wildman–Crippen LogP) is 2.92. The average molecular weight is 376 g/mol. The molecule has 2 rings (SSSR count). The summed E-state index contributed by atoms with van der Waals surface area (Å²) in [5.41, 5.74) is -0.700. The lowest BCUT2D eigenvalue weighted by Gasteiger charge is -2.10. The smallest absolute Gasteiger partial charge is 0.488 e. The van der Waals surface area contributed by atoms with Crippen molar-refractivity contribution >= 4 is 16.5 Å². The van der Waals surface area contributed by atoms with E-state index in [1.165, 1.54) is 12.1 Å². The highest BCUT2D eigenvalue weighted by Gasteiger charge is 2.16. The lowest BCUT2D eigenvalue weighted by atomic mass is 10.1. The molecule has 0 N–H and O–H groups in total. The monoisotopic (exact) mass is 376 g/mol. The van der Waals surface area contributed by atoms with Gasteiger partial charge in [0.25, 0.3) is 0 Å². The van der Waals surface area contributed by atoms with Gasteiger partial charge in [0, 0.05) is 0 Å². The molecule has 134 valence electrons. The second-order valence-electron chi connectivity index (χ2n) is 4.65. The molecule has 10 heteroatoms. The molecule has 2 aromatic rings. The average Bonchev–Trinajstić information content (AvgIpc) is 2.53. The fourth-order valence-electron chi connectivity index (χ4n) is 1.84. The first-order chi connectivity index (χ1) is 11.7. The van der Waals surface area contributed by atoms with Crippen LogP contribution in [0, 0.1) is 11.6 Å². The fourth-order valence-corrected chi connectivity index (χ4v) is 2.18. The summed E-state index contributed by atoms with van der Waals surface area (Å²) < 4.78 is 74.4. The van der Waals surface area contributed by atoms with Crippen molar-refractivity contribution in [2.75, 3.05) is 7.11 Å². The van der Waals surface area contributed by atoms with Gasteiger partial charge >= 0.3 is 16.5 Å². The number of carbonyl (C=O) groups is 1. The van der Waals surface area contributed by atoms with Crippen molar-refractivity contribution in [1.82, 2.24) is 0 Å². The third-order valence-corrected chi connectivity index (χ3v) is 3.36. The molecule has 25 heavy (non-hydrogen) atoms. The van der Waals surface area contributed by atoms with Gasteiger partial charge in [-0.2, -0.15) is 8.42 Å². The maximum absolute atomic E-state index is 13.9. The number of esters is 1. The Labute approximate surface area is 141 Å². The van der Waals surface area contributed by atoms with E-state index in [1.54, 1.807) is 0 Å². The number of rotatable bonds is 6. The molecule has 0 bridgehead atoms. The molecule has 0 fully saturated rings. The number of halogens is 3. The van der Waals surface area contributed by atoms with Gasteiger partial charge in [-0.05, 0) is 36.4 Å². The molecule has 6 nitrogen and oxygen atoms in total. The number of methoxy groups -OCH3 is 1. The Kier molecular flexibility index (Phi) is 5.52. The third kappa shape index (κ3) is 5.11. The van der Waals surface area contributed by atoms with Gasteiger partial charge in [-0.3, -0.25) is 0 Å². The predicted molar refractivity (Wildman–Crippen MR) is 79.1 cm³/mol. The van der Waals surface area contributed by atoms with Gasteiger partial charge in [-0.15, -0.1) is 0 Å². The minimum atomic E-state index is -5.15. The molecule has 0 spiro atoms. The Balaban J connectivity index is 2.10. The first kappa shape index (κ1) is 18.6. The minimum Gasteiger partial charge on any atom is -0.489 e. The van der Waals surface area contributed by atoms with Crippen molar-refractivity contribution in [2.24, 2.45) is 0 Å². The topological polar surface area (TPSA) is 78.9 Å². The molecular weight excluding hydrogens is 365 g/mol. The highest BCUT2D eigenvalue weighted by atomic mass is 32.3. The Morgan fingerprint density at radius 2 is 1.56 bits per heavy atom. The minimum absolute atomic E-state index is 0.124. The SMILES string of the molecule is COC(=O)c1cc(F)c(COc2ccc(OS(=O)(=O)F)cc2)c(F)c1. The summed E-state index contributed by atoms with van der Waals surface area (Å²) in [6, 6.07) is 6.27. The standard InChI is InChI=1S/C15H11F3O6S/c1-22-15(19)9-6-13(16)12(14(17)7-9)8-23-10-2-4-11(5-3-10)24-25(18,20)21/h2-7H,8H2,1H3. The van der Waals surface area contributed by atoms with Crippen LogP contribution >= 0.6 is 0 Å². The van der Waals surface area contributed by atoms with E-state index in [0.29, 0.717) is 0 Å². The Morgan fingerprint density at radius 3 is 2.04 bits per heavy atom. The van der Waals surface area contributed by atoms with Crippen LogP contribution in [0.15, 0.2) is 36.4 Å². The Morgan fingerprint density at radius 1 is 1.04 bits per heavy atom. The van der Waals surface area contributed by atoms with Crippen LogP contribution in [0.1, 0.15) is 15.9 Å². The zero-order valence-electron chi connectivity index (χ0n) is 12.7. The van der Waals surface area contributed by atoms with Crippen molar-refractivity contribution in [3.63, 3.8) is 0 Å². The second-order valence-corrected chi connectivity index (χ2v) is 5.60. The van der Waals surface area contributed by atoms with E-state index in [0.717, 1.165) is 31.4 Å². The quantitative estimate of drug-likeness (QED) is 0.570. The summed E-state index contributed by atoms with van der Waals surface area (Å²) in [6.07, 6.45) is 0. The van der Waals surface area contributed by atoms with Crippen LogP contribution in [0.3, 0.4) is 0 Å². The van der Waals surface area contributed by atoms with Crippen molar-refractivity contribution in [3.05, 3.63) is 59.2 Å². The first-order valence-corrected chi connectivity index (χ1v) is 7.93. The zero-order valence-corrected chi connectivity index (χ0v) is 13.5. The highest BCUT2D eigenvalue weighted by Crippen LogP contribution is 2.22. The molecule has 0 heterocycles. The molecule has 0 unspecified atom stereocenters. The fraction of sp³-hybridized carbons (Fsp3) is 0.133. The van der Waals surface area contributed by atoms with Crippen LogP contribution in [-0.2, 0) is 21.8 Å². The summed E-state index contributed by atoms with van der Waals surface area (Å²) in [4.78, 5) is 11.3.